The van der Waals surface area contributed by atoms with Crippen molar-refractivity contribution in [3.05, 3.63) is 63.7 Å². The van der Waals surface area contributed by atoms with Gasteiger partial charge in [-0.1, -0.05) is 30.3 Å². The minimum absolute atomic E-state index is 0.117. The van der Waals surface area contributed by atoms with Crippen molar-refractivity contribution in [1.29, 1.82) is 0 Å². The molecule has 25 heavy (non-hydrogen) atoms. The summed E-state index contributed by atoms with van der Waals surface area (Å²) in [6.45, 7) is 1.41. The van der Waals surface area contributed by atoms with Gasteiger partial charge in [0.05, 0.1) is 10.3 Å². The van der Waals surface area contributed by atoms with Crippen LogP contribution in [-0.4, -0.2) is 10.9 Å². The van der Waals surface area contributed by atoms with E-state index < -0.39 is 0 Å². The van der Waals surface area contributed by atoms with E-state index in [9.17, 15) is 14.9 Å². The third-order valence-electron chi connectivity index (χ3n) is 4.91. The highest BCUT2D eigenvalue weighted by molar-refractivity contribution is 6.12. The van der Waals surface area contributed by atoms with E-state index in [4.69, 9.17) is 4.74 Å². The Bertz CT molecular complexity index is 1030. The zero-order chi connectivity index (χ0) is 17.6. The summed E-state index contributed by atoms with van der Waals surface area (Å²) in [5.74, 6) is -0.303. The summed E-state index contributed by atoms with van der Waals surface area (Å²) >= 11 is 0. The first-order valence-corrected chi connectivity index (χ1v) is 8.35. The predicted octanol–water partition coefficient (Wildman–Crippen LogP) is 4.84. The number of fused-ring (bicyclic) bond motifs is 5. The molecule has 5 heteroatoms. The van der Waals surface area contributed by atoms with Crippen LogP contribution < -0.4 is 0 Å². The highest BCUT2D eigenvalue weighted by Gasteiger charge is 2.26. The number of ether oxygens (including phenoxy) is 1. The van der Waals surface area contributed by atoms with Gasteiger partial charge in [-0.3, -0.25) is 14.9 Å². The van der Waals surface area contributed by atoms with E-state index in [0.29, 0.717) is 5.39 Å². The first kappa shape index (κ1) is 15.6. The summed E-state index contributed by atoms with van der Waals surface area (Å²) < 4.78 is 5.46. The zero-order valence-corrected chi connectivity index (χ0v) is 13.8. The van der Waals surface area contributed by atoms with Crippen molar-refractivity contribution in [2.75, 3.05) is 0 Å². The highest BCUT2D eigenvalue weighted by atomic mass is 16.6. The largest absolute Gasteiger partial charge is 0.458 e. The van der Waals surface area contributed by atoms with E-state index in [0.717, 1.165) is 46.5 Å². The van der Waals surface area contributed by atoms with Gasteiger partial charge in [0.25, 0.3) is 5.69 Å². The summed E-state index contributed by atoms with van der Waals surface area (Å²) in [6.07, 6.45) is 2.24. The maximum Gasteiger partial charge on any atom is 0.303 e. The van der Waals surface area contributed by atoms with Gasteiger partial charge in [0.15, 0.2) is 0 Å². The van der Waals surface area contributed by atoms with Crippen molar-refractivity contribution in [2.24, 2.45) is 0 Å². The Morgan fingerprint density at radius 3 is 2.56 bits per heavy atom. The average Bonchev–Trinajstić information content (AvgIpc) is 2.60. The van der Waals surface area contributed by atoms with Crippen molar-refractivity contribution >= 4 is 33.2 Å². The van der Waals surface area contributed by atoms with Crippen LogP contribution in [0.3, 0.4) is 0 Å². The van der Waals surface area contributed by atoms with Crippen LogP contribution in [0.15, 0.2) is 42.5 Å². The van der Waals surface area contributed by atoms with Crippen molar-refractivity contribution in [2.45, 2.75) is 32.3 Å². The number of carbonyl (C=O) groups is 1. The van der Waals surface area contributed by atoms with E-state index in [1.807, 2.05) is 30.3 Å². The summed E-state index contributed by atoms with van der Waals surface area (Å²) in [6, 6.07) is 13.1. The van der Waals surface area contributed by atoms with Crippen molar-refractivity contribution in [3.63, 3.8) is 0 Å². The molecule has 3 aromatic rings. The number of nitro groups is 1. The Kier molecular flexibility index (Phi) is 3.64. The van der Waals surface area contributed by atoms with Crippen LogP contribution in [0.2, 0.25) is 0 Å². The fourth-order valence-electron chi connectivity index (χ4n) is 3.91. The topological polar surface area (TPSA) is 69.4 Å². The van der Waals surface area contributed by atoms with Gasteiger partial charge in [-0.2, -0.15) is 0 Å². The summed E-state index contributed by atoms with van der Waals surface area (Å²) in [5.41, 5.74) is 2.15. The molecule has 1 aliphatic carbocycles. The van der Waals surface area contributed by atoms with Gasteiger partial charge in [0.1, 0.15) is 6.10 Å². The van der Waals surface area contributed by atoms with Crippen LogP contribution in [0, 0.1) is 10.1 Å². The Balaban J connectivity index is 2.04. The Morgan fingerprint density at radius 1 is 1.12 bits per heavy atom. The van der Waals surface area contributed by atoms with Crippen LogP contribution in [0.4, 0.5) is 5.69 Å². The number of non-ortho nitro benzene ring substituents is 1. The normalized spacial score (nSPS) is 16.6. The van der Waals surface area contributed by atoms with Gasteiger partial charge >= 0.3 is 5.97 Å². The molecule has 0 bridgehead atoms. The van der Waals surface area contributed by atoms with E-state index in [1.54, 1.807) is 12.1 Å². The Morgan fingerprint density at radius 2 is 1.84 bits per heavy atom. The second-order valence-electron chi connectivity index (χ2n) is 6.42. The van der Waals surface area contributed by atoms with E-state index in [1.165, 1.54) is 6.92 Å². The predicted molar refractivity (Wildman–Crippen MR) is 95.6 cm³/mol. The minimum atomic E-state index is -0.326. The van der Waals surface area contributed by atoms with Crippen LogP contribution in [0.25, 0.3) is 21.5 Å². The van der Waals surface area contributed by atoms with Crippen LogP contribution in [0.1, 0.15) is 37.0 Å². The lowest BCUT2D eigenvalue weighted by Gasteiger charge is -2.26. The molecule has 0 saturated heterocycles. The molecule has 0 radical (unpaired) electrons. The molecule has 0 aromatic heterocycles. The molecular formula is C20H17NO4. The zero-order valence-electron chi connectivity index (χ0n) is 13.8. The molecule has 4 rings (SSSR count). The molecule has 0 fully saturated rings. The smallest absolute Gasteiger partial charge is 0.303 e. The maximum atomic E-state index is 11.6. The molecule has 5 nitrogen and oxygen atoms in total. The fourth-order valence-corrected chi connectivity index (χ4v) is 3.91. The number of nitro benzene ring substituents is 1. The number of benzene rings is 3. The van der Waals surface area contributed by atoms with Gasteiger partial charge in [0.2, 0.25) is 0 Å². The van der Waals surface area contributed by atoms with Gasteiger partial charge in [-0.25, -0.2) is 0 Å². The van der Waals surface area contributed by atoms with Gasteiger partial charge in [-0.05, 0) is 52.6 Å². The highest BCUT2D eigenvalue weighted by Crippen LogP contribution is 2.41. The molecular weight excluding hydrogens is 318 g/mol. The number of nitrogens with zero attached hydrogens (tertiary/aromatic N) is 1. The summed E-state index contributed by atoms with van der Waals surface area (Å²) in [5, 5.41) is 15.0. The number of hydrogen-bond acceptors (Lipinski definition) is 4. The number of hydrogen-bond donors (Lipinski definition) is 0. The van der Waals surface area contributed by atoms with Gasteiger partial charge < -0.3 is 4.74 Å². The van der Waals surface area contributed by atoms with Crippen molar-refractivity contribution < 1.29 is 14.5 Å². The standard InChI is InChI=1S/C20H17NO4/c1-12(22)25-20-8-4-7-14-17(20)10-9-15-13-5-2-3-6-16(13)19(21(23)24)11-18(14)15/h2-3,5-6,9-11,20H,4,7-8H2,1H3. The molecule has 126 valence electrons. The number of rotatable bonds is 2. The first-order valence-electron chi connectivity index (χ1n) is 8.35. The quantitative estimate of drug-likeness (QED) is 0.291. The lowest BCUT2D eigenvalue weighted by molar-refractivity contribution is -0.382. The Labute approximate surface area is 144 Å². The number of aryl methyl sites for hydroxylation is 1. The van der Waals surface area contributed by atoms with Crippen LogP contribution in [-0.2, 0) is 16.0 Å². The third-order valence-corrected chi connectivity index (χ3v) is 4.91. The first-order chi connectivity index (χ1) is 12.1. The van der Waals surface area contributed by atoms with Crippen molar-refractivity contribution in [3.8, 4) is 0 Å². The molecule has 0 aliphatic heterocycles. The Hall–Kier alpha value is -2.95. The second kappa shape index (κ2) is 5.84. The molecule has 1 aliphatic rings. The molecule has 0 spiro atoms. The maximum absolute atomic E-state index is 11.6. The minimum Gasteiger partial charge on any atom is -0.458 e. The summed E-state index contributed by atoms with van der Waals surface area (Å²) in [7, 11) is 0. The molecule has 3 aromatic carbocycles. The molecule has 1 atom stereocenters. The molecule has 0 heterocycles. The third kappa shape index (κ3) is 2.52. The van der Waals surface area contributed by atoms with Crippen LogP contribution >= 0.6 is 0 Å². The molecule has 1 unspecified atom stereocenters. The second-order valence-corrected chi connectivity index (χ2v) is 6.42. The van der Waals surface area contributed by atoms with E-state index >= 15 is 0 Å². The number of carbonyl (C=O) groups excluding carboxylic acids is 1. The molecule has 0 N–H and O–H groups in total. The fraction of sp³-hybridized carbons (Fsp3) is 0.250. The van der Waals surface area contributed by atoms with Crippen molar-refractivity contribution in [1.82, 2.24) is 0 Å². The lowest BCUT2D eigenvalue weighted by Crippen LogP contribution is -2.15. The molecule has 0 saturated carbocycles. The van der Waals surface area contributed by atoms with Gasteiger partial charge in [-0.15, -0.1) is 0 Å². The lowest BCUT2D eigenvalue weighted by atomic mass is 9.84. The van der Waals surface area contributed by atoms with E-state index in [-0.39, 0.29) is 22.7 Å². The SMILES string of the molecule is CC(=O)OC1CCCc2c1ccc1c2cc([N+](=O)[O-])c2ccccc21. The average molecular weight is 335 g/mol. The summed E-state index contributed by atoms with van der Waals surface area (Å²) in [4.78, 5) is 22.6. The monoisotopic (exact) mass is 335 g/mol. The molecule has 0 amide bonds. The van der Waals surface area contributed by atoms with Crippen LogP contribution in [0.5, 0.6) is 0 Å². The van der Waals surface area contributed by atoms with Gasteiger partial charge in [0, 0.05) is 13.0 Å². The number of esters is 1. The van der Waals surface area contributed by atoms with E-state index in [2.05, 4.69) is 0 Å².